The summed E-state index contributed by atoms with van der Waals surface area (Å²) in [6, 6.07) is 11.4. The van der Waals surface area contributed by atoms with E-state index in [1.165, 1.54) is 24.5 Å². The van der Waals surface area contributed by atoms with Crippen molar-refractivity contribution in [1.82, 2.24) is 20.1 Å². The summed E-state index contributed by atoms with van der Waals surface area (Å²) in [7, 11) is 0. The third-order valence-corrected chi connectivity index (χ3v) is 4.26. The molecule has 3 rings (SSSR count). The molecule has 0 aliphatic heterocycles. The average molecular weight is 389 g/mol. The lowest BCUT2D eigenvalue weighted by Crippen LogP contribution is -2.27. The summed E-state index contributed by atoms with van der Waals surface area (Å²) in [5.74, 6) is -0.662. The molecule has 0 bridgehead atoms. The summed E-state index contributed by atoms with van der Waals surface area (Å²) in [6.07, 6.45) is 3.09. The van der Waals surface area contributed by atoms with Crippen LogP contribution in [0, 0.1) is 5.82 Å². The molecule has 122 valence electrons. The number of halogens is 2. The number of hydrogen-bond acceptors (Lipinski definition) is 3. The predicted molar refractivity (Wildman–Crippen MR) is 91.3 cm³/mol. The van der Waals surface area contributed by atoms with Gasteiger partial charge in [-0.05, 0) is 58.7 Å². The minimum absolute atomic E-state index is 0.195. The fourth-order valence-corrected chi connectivity index (χ4v) is 2.82. The Hall–Kier alpha value is -2.54. The highest BCUT2D eigenvalue weighted by atomic mass is 79.9. The van der Waals surface area contributed by atoms with Gasteiger partial charge in [0.1, 0.15) is 18.5 Å². The molecule has 1 aromatic heterocycles. The number of hydrogen-bond donors (Lipinski definition) is 1. The lowest BCUT2D eigenvalue weighted by atomic mass is 10.1. The second-order valence-electron chi connectivity index (χ2n) is 5.25. The Bertz CT molecular complexity index is 850. The van der Waals surface area contributed by atoms with Crippen LogP contribution in [0.2, 0.25) is 0 Å². The molecule has 0 fully saturated rings. The molecule has 1 amide bonds. The van der Waals surface area contributed by atoms with Crippen molar-refractivity contribution in [3.05, 3.63) is 76.5 Å². The number of amides is 1. The van der Waals surface area contributed by atoms with E-state index in [4.69, 9.17) is 0 Å². The van der Waals surface area contributed by atoms with Crippen LogP contribution < -0.4 is 5.32 Å². The third-order valence-electron chi connectivity index (χ3n) is 3.60. The van der Waals surface area contributed by atoms with Crippen molar-refractivity contribution >= 4 is 21.8 Å². The van der Waals surface area contributed by atoms with Crippen LogP contribution in [-0.2, 0) is 0 Å². The second kappa shape index (κ2) is 6.92. The molecule has 1 unspecified atom stereocenters. The average Bonchev–Trinajstić information content (AvgIpc) is 3.09. The van der Waals surface area contributed by atoms with Gasteiger partial charge in [-0.15, -0.1) is 0 Å². The maximum Gasteiger partial charge on any atom is 0.252 e. The lowest BCUT2D eigenvalue weighted by Gasteiger charge is -2.15. The highest BCUT2D eigenvalue weighted by Crippen LogP contribution is 2.20. The molecule has 0 saturated heterocycles. The Labute approximate surface area is 146 Å². The monoisotopic (exact) mass is 388 g/mol. The minimum atomic E-state index is -0.393. The molecule has 1 heterocycles. The summed E-state index contributed by atoms with van der Waals surface area (Å²) >= 11 is 3.21. The van der Waals surface area contributed by atoms with Gasteiger partial charge >= 0.3 is 0 Å². The fraction of sp³-hybridized carbons (Fsp3) is 0.118. The van der Waals surface area contributed by atoms with Crippen LogP contribution in [0.25, 0.3) is 5.69 Å². The molecular formula is C17H14BrFN4O. The van der Waals surface area contributed by atoms with Gasteiger partial charge in [0.05, 0.1) is 17.3 Å². The van der Waals surface area contributed by atoms with Gasteiger partial charge in [0.15, 0.2) is 0 Å². The maximum atomic E-state index is 13.1. The van der Waals surface area contributed by atoms with Gasteiger partial charge in [-0.25, -0.2) is 14.1 Å². The van der Waals surface area contributed by atoms with E-state index in [1.54, 1.807) is 11.0 Å². The predicted octanol–water partition coefficient (Wildman–Crippen LogP) is 3.66. The minimum Gasteiger partial charge on any atom is -0.345 e. The summed E-state index contributed by atoms with van der Waals surface area (Å²) in [6.45, 7) is 1.89. The summed E-state index contributed by atoms with van der Waals surface area (Å²) in [5.41, 5.74) is 2.23. The van der Waals surface area contributed by atoms with Crippen molar-refractivity contribution in [2.75, 3.05) is 0 Å². The molecule has 0 aliphatic carbocycles. The van der Waals surface area contributed by atoms with E-state index >= 15 is 0 Å². The van der Waals surface area contributed by atoms with Crippen LogP contribution in [0.1, 0.15) is 28.9 Å². The van der Waals surface area contributed by atoms with E-state index in [0.717, 1.165) is 11.3 Å². The van der Waals surface area contributed by atoms with Gasteiger partial charge in [0, 0.05) is 4.47 Å². The summed E-state index contributed by atoms with van der Waals surface area (Å²) in [5, 5.41) is 6.97. The van der Waals surface area contributed by atoms with Crippen LogP contribution >= 0.6 is 15.9 Å². The summed E-state index contributed by atoms with van der Waals surface area (Å²) < 4.78 is 15.2. The van der Waals surface area contributed by atoms with Crippen LogP contribution in [0.5, 0.6) is 0 Å². The normalized spacial score (nSPS) is 12.0. The fourth-order valence-electron chi connectivity index (χ4n) is 2.29. The van der Waals surface area contributed by atoms with Crippen LogP contribution in [-0.4, -0.2) is 20.7 Å². The number of rotatable bonds is 4. The SMILES string of the molecule is CC(NC(=O)c1ccc(F)cc1Br)c1ccc(-n2cncn2)cc1. The molecule has 24 heavy (non-hydrogen) atoms. The molecule has 0 spiro atoms. The van der Waals surface area contributed by atoms with E-state index in [1.807, 2.05) is 31.2 Å². The third kappa shape index (κ3) is 3.51. The van der Waals surface area contributed by atoms with Gasteiger partial charge in [0.2, 0.25) is 0 Å². The van der Waals surface area contributed by atoms with E-state index in [0.29, 0.717) is 10.0 Å². The highest BCUT2D eigenvalue weighted by molar-refractivity contribution is 9.10. The molecular weight excluding hydrogens is 375 g/mol. The zero-order chi connectivity index (χ0) is 17.1. The van der Waals surface area contributed by atoms with E-state index in [9.17, 15) is 9.18 Å². The first-order valence-electron chi connectivity index (χ1n) is 7.25. The largest absolute Gasteiger partial charge is 0.345 e. The number of aromatic nitrogens is 3. The molecule has 1 atom stereocenters. The molecule has 5 nitrogen and oxygen atoms in total. The molecule has 0 radical (unpaired) electrons. The van der Waals surface area contributed by atoms with Crippen LogP contribution in [0.4, 0.5) is 4.39 Å². The lowest BCUT2D eigenvalue weighted by molar-refractivity contribution is 0.0939. The quantitative estimate of drug-likeness (QED) is 0.741. The first kappa shape index (κ1) is 16.3. The Kier molecular flexibility index (Phi) is 4.71. The van der Waals surface area contributed by atoms with Crippen LogP contribution in [0.3, 0.4) is 0 Å². The van der Waals surface area contributed by atoms with Gasteiger partial charge < -0.3 is 5.32 Å². The second-order valence-corrected chi connectivity index (χ2v) is 6.11. The summed E-state index contributed by atoms with van der Waals surface area (Å²) in [4.78, 5) is 16.2. The van der Waals surface area contributed by atoms with Gasteiger partial charge in [-0.3, -0.25) is 4.79 Å². The zero-order valence-electron chi connectivity index (χ0n) is 12.8. The van der Waals surface area contributed by atoms with Gasteiger partial charge in [0.25, 0.3) is 5.91 Å². The van der Waals surface area contributed by atoms with Crippen molar-refractivity contribution < 1.29 is 9.18 Å². The molecule has 0 aliphatic rings. The molecule has 0 saturated carbocycles. The maximum absolute atomic E-state index is 13.1. The van der Waals surface area contributed by atoms with Crippen molar-refractivity contribution in [1.29, 1.82) is 0 Å². The Morgan fingerprint density at radius 2 is 2.00 bits per heavy atom. The smallest absolute Gasteiger partial charge is 0.252 e. The van der Waals surface area contributed by atoms with Crippen LogP contribution in [0.15, 0.2) is 59.6 Å². The van der Waals surface area contributed by atoms with E-state index in [2.05, 4.69) is 31.3 Å². The first-order chi connectivity index (χ1) is 11.5. The number of nitrogens with zero attached hydrogens (tertiary/aromatic N) is 3. The van der Waals surface area contributed by atoms with Crippen molar-refractivity contribution in [2.45, 2.75) is 13.0 Å². The Morgan fingerprint density at radius 1 is 1.25 bits per heavy atom. The number of carbonyl (C=O) groups is 1. The highest BCUT2D eigenvalue weighted by Gasteiger charge is 2.14. The number of nitrogens with one attached hydrogen (secondary N) is 1. The molecule has 1 N–H and O–H groups in total. The van der Waals surface area contributed by atoms with Crippen molar-refractivity contribution in [3.8, 4) is 5.69 Å². The van der Waals surface area contributed by atoms with E-state index < -0.39 is 5.82 Å². The van der Waals surface area contributed by atoms with Crippen molar-refractivity contribution in [3.63, 3.8) is 0 Å². The number of benzene rings is 2. The zero-order valence-corrected chi connectivity index (χ0v) is 14.4. The molecule has 2 aromatic carbocycles. The van der Waals surface area contributed by atoms with Gasteiger partial charge in [-0.1, -0.05) is 12.1 Å². The standard InChI is InChI=1S/C17H14BrFN4O/c1-11(22-17(24)15-7-4-13(19)8-16(15)18)12-2-5-14(6-3-12)23-10-20-9-21-23/h2-11H,1H3,(H,22,24). The first-order valence-corrected chi connectivity index (χ1v) is 8.05. The van der Waals surface area contributed by atoms with Crippen molar-refractivity contribution in [2.24, 2.45) is 0 Å². The Balaban J connectivity index is 1.72. The topological polar surface area (TPSA) is 59.8 Å². The van der Waals surface area contributed by atoms with E-state index in [-0.39, 0.29) is 11.9 Å². The van der Waals surface area contributed by atoms with Gasteiger partial charge in [-0.2, -0.15) is 5.10 Å². The Morgan fingerprint density at radius 3 is 2.62 bits per heavy atom. The molecule has 7 heteroatoms. The molecule has 3 aromatic rings. The number of carbonyl (C=O) groups excluding carboxylic acids is 1.